The first-order valence-corrected chi connectivity index (χ1v) is 8.77. The number of hydrogen-bond donors (Lipinski definition) is 1. The van der Waals surface area contributed by atoms with Gasteiger partial charge in [-0.3, -0.25) is 9.69 Å². The molecule has 1 aliphatic rings. The Hall–Kier alpha value is -1.55. The molecule has 1 fully saturated rings. The van der Waals surface area contributed by atoms with Gasteiger partial charge in [-0.1, -0.05) is 44.7 Å². The van der Waals surface area contributed by atoms with E-state index in [0.717, 1.165) is 30.9 Å². The molecule has 1 aromatic rings. The average Bonchev–Trinajstić information content (AvgIpc) is 2.47. The summed E-state index contributed by atoms with van der Waals surface area (Å²) in [7, 11) is 0. The van der Waals surface area contributed by atoms with Gasteiger partial charge in [0.15, 0.2) is 0 Å². The van der Waals surface area contributed by atoms with Crippen LogP contribution in [0.15, 0.2) is 18.2 Å². The summed E-state index contributed by atoms with van der Waals surface area (Å²) in [6.45, 7) is 7.22. The van der Waals surface area contributed by atoms with Gasteiger partial charge in [0.25, 0.3) is 0 Å². The fourth-order valence-electron chi connectivity index (χ4n) is 2.97. The number of rotatable bonds is 10. The summed E-state index contributed by atoms with van der Waals surface area (Å²) >= 11 is 0. The average molecular weight is 319 g/mol. The van der Waals surface area contributed by atoms with Gasteiger partial charge in [-0.2, -0.15) is 0 Å². The molecule has 4 nitrogen and oxygen atoms in total. The number of likely N-dealkylation sites (tertiary alicyclic amines) is 1. The summed E-state index contributed by atoms with van der Waals surface area (Å²) in [5.74, 6) is 0.0998. The second-order valence-corrected chi connectivity index (χ2v) is 6.59. The molecule has 0 aliphatic carbocycles. The lowest BCUT2D eigenvalue weighted by atomic mass is 9.99. The zero-order valence-electron chi connectivity index (χ0n) is 14.4. The van der Waals surface area contributed by atoms with Crippen LogP contribution in [-0.2, 0) is 11.3 Å². The molecule has 0 radical (unpaired) electrons. The summed E-state index contributed by atoms with van der Waals surface area (Å²) in [6, 6.07) is 6.29. The third-order valence-electron chi connectivity index (χ3n) is 4.46. The van der Waals surface area contributed by atoms with Gasteiger partial charge in [0, 0.05) is 19.6 Å². The van der Waals surface area contributed by atoms with Crippen molar-refractivity contribution in [3.05, 3.63) is 29.3 Å². The van der Waals surface area contributed by atoms with Crippen LogP contribution in [0.25, 0.3) is 0 Å². The Morgan fingerprint density at radius 2 is 2.00 bits per heavy atom. The molecule has 0 aromatic heterocycles. The molecule has 1 aliphatic heterocycles. The molecule has 1 aromatic carbocycles. The number of ether oxygens (including phenoxy) is 1. The van der Waals surface area contributed by atoms with Crippen LogP contribution in [0.4, 0.5) is 0 Å². The Bertz CT molecular complexity index is 509. The maximum absolute atomic E-state index is 10.8. The van der Waals surface area contributed by atoms with E-state index in [4.69, 9.17) is 9.84 Å². The number of nitrogens with zero attached hydrogens (tertiary/aromatic N) is 1. The minimum absolute atomic E-state index is 0.189. The highest BCUT2D eigenvalue weighted by Gasteiger charge is 2.32. The Morgan fingerprint density at radius 3 is 2.65 bits per heavy atom. The molecule has 0 bridgehead atoms. The van der Waals surface area contributed by atoms with Crippen molar-refractivity contribution in [3.63, 3.8) is 0 Å². The van der Waals surface area contributed by atoms with Gasteiger partial charge in [-0.15, -0.1) is 0 Å². The van der Waals surface area contributed by atoms with Crippen LogP contribution in [0.1, 0.15) is 50.2 Å². The van der Waals surface area contributed by atoms with E-state index in [9.17, 15) is 4.79 Å². The van der Waals surface area contributed by atoms with Gasteiger partial charge in [0.2, 0.25) is 0 Å². The number of hydrogen-bond acceptors (Lipinski definition) is 3. The number of carbonyl (C=O) groups is 1. The van der Waals surface area contributed by atoms with Crippen molar-refractivity contribution >= 4 is 5.97 Å². The zero-order valence-corrected chi connectivity index (χ0v) is 14.4. The molecule has 23 heavy (non-hydrogen) atoms. The SMILES string of the molecule is CCCCCCCOc1ccc(CN2CC(C(=O)O)C2)cc1C. The van der Waals surface area contributed by atoms with Crippen molar-refractivity contribution in [2.75, 3.05) is 19.7 Å². The first kappa shape index (κ1) is 17.8. The molecule has 1 heterocycles. The van der Waals surface area contributed by atoms with E-state index < -0.39 is 5.97 Å². The largest absolute Gasteiger partial charge is 0.493 e. The van der Waals surface area contributed by atoms with Crippen molar-refractivity contribution in [1.82, 2.24) is 4.90 Å². The molecule has 0 saturated carbocycles. The molecule has 2 rings (SSSR count). The normalized spacial score (nSPS) is 15.4. The van der Waals surface area contributed by atoms with E-state index in [1.54, 1.807) is 0 Å². The predicted molar refractivity (Wildman–Crippen MR) is 91.8 cm³/mol. The van der Waals surface area contributed by atoms with E-state index in [1.807, 2.05) is 6.07 Å². The number of aryl methyl sites for hydroxylation is 1. The van der Waals surface area contributed by atoms with Crippen LogP contribution in [-0.4, -0.2) is 35.7 Å². The lowest BCUT2D eigenvalue weighted by Gasteiger charge is -2.36. The summed E-state index contributed by atoms with van der Waals surface area (Å²) in [5, 5.41) is 8.90. The highest BCUT2D eigenvalue weighted by molar-refractivity contribution is 5.71. The van der Waals surface area contributed by atoms with E-state index in [1.165, 1.54) is 31.2 Å². The van der Waals surface area contributed by atoms with Crippen LogP contribution in [0.3, 0.4) is 0 Å². The van der Waals surface area contributed by atoms with Crippen molar-refractivity contribution in [2.24, 2.45) is 5.92 Å². The van der Waals surface area contributed by atoms with E-state index in [0.29, 0.717) is 13.1 Å². The topological polar surface area (TPSA) is 49.8 Å². The van der Waals surface area contributed by atoms with Crippen molar-refractivity contribution in [1.29, 1.82) is 0 Å². The fourth-order valence-corrected chi connectivity index (χ4v) is 2.97. The van der Waals surface area contributed by atoms with Gasteiger partial charge in [-0.05, 0) is 30.5 Å². The Morgan fingerprint density at radius 1 is 1.26 bits per heavy atom. The molecule has 4 heteroatoms. The molecule has 0 unspecified atom stereocenters. The van der Waals surface area contributed by atoms with Crippen LogP contribution in [0.2, 0.25) is 0 Å². The maximum Gasteiger partial charge on any atom is 0.309 e. The quantitative estimate of drug-likeness (QED) is 0.665. The Labute approximate surface area is 139 Å². The Balaban J connectivity index is 1.72. The molecular formula is C19H29NO3. The molecule has 0 atom stereocenters. The fraction of sp³-hybridized carbons (Fsp3) is 0.632. The summed E-state index contributed by atoms with van der Waals surface area (Å²) in [4.78, 5) is 13.0. The monoisotopic (exact) mass is 319 g/mol. The number of unbranched alkanes of at least 4 members (excludes halogenated alkanes) is 4. The first-order valence-electron chi connectivity index (χ1n) is 8.77. The van der Waals surface area contributed by atoms with Crippen molar-refractivity contribution < 1.29 is 14.6 Å². The van der Waals surface area contributed by atoms with Gasteiger partial charge >= 0.3 is 5.97 Å². The lowest BCUT2D eigenvalue weighted by Crippen LogP contribution is -2.49. The number of carboxylic acids is 1. The smallest absolute Gasteiger partial charge is 0.309 e. The number of carboxylic acid groups (broad SMARTS) is 1. The van der Waals surface area contributed by atoms with Crippen LogP contribution in [0.5, 0.6) is 5.75 Å². The highest BCUT2D eigenvalue weighted by Crippen LogP contribution is 2.23. The third-order valence-corrected chi connectivity index (χ3v) is 4.46. The van der Waals surface area contributed by atoms with Gasteiger partial charge in [0.05, 0.1) is 12.5 Å². The van der Waals surface area contributed by atoms with Gasteiger partial charge in [0.1, 0.15) is 5.75 Å². The number of benzene rings is 1. The van der Waals surface area contributed by atoms with Crippen LogP contribution < -0.4 is 4.74 Å². The molecule has 1 N–H and O–H groups in total. The summed E-state index contributed by atoms with van der Waals surface area (Å²) in [6.07, 6.45) is 6.24. The number of aliphatic carboxylic acids is 1. The molecular weight excluding hydrogens is 290 g/mol. The van der Waals surface area contributed by atoms with Crippen LogP contribution in [0, 0.1) is 12.8 Å². The molecule has 128 valence electrons. The summed E-state index contributed by atoms with van der Waals surface area (Å²) < 4.78 is 5.87. The highest BCUT2D eigenvalue weighted by atomic mass is 16.5. The Kier molecular flexibility index (Phi) is 6.90. The predicted octanol–water partition coefficient (Wildman–Crippen LogP) is 3.86. The van der Waals surface area contributed by atoms with Gasteiger partial charge < -0.3 is 9.84 Å². The zero-order chi connectivity index (χ0) is 16.7. The second-order valence-electron chi connectivity index (χ2n) is 6.59. The molecule has 0 amide bonds. The molecule has 0 spiro atoms. The summed E-state index contributed by atoms with van der Waals surface area (Å²) in [5.41, 5.74) is 2.38. The maximum atomic E-state index is 10.8. The van der Waals surface area contributed by atoms with E-state index >= 15 is 0 Å². The van der Waals surface area contributed by atoms with E-state index in [2.05, 4.69) is 30.9 Å². The lowest BCUT2D eigenvalue weighted by molar-refractivity contribution is -0.147. The standard InChI is InChI=1S/C19H29NO3/c1-3-4-5-6-7-10-23-18-9-8-16(11-15(18)2)12-20-13-17(14-20)19(21)22/h8-9,11,17H,3-7,10,12-14H2,1-2H3,(H,21,22). The minimum atomic E-state index is -0.680. The molecule has 1 saturated heterocycles. The van der Waals surface area contributed by atoms with Gasteiger partial charge in [-0.25, -0.2) is 0 Å². The van der Waals surface area contributed by atoms with E-state index in [-0.39, 0.29) is 5.92 Å². The van der Waals surface area contributed by atoms with Crippen molar-refractivity contribution in [3.8, 4) is 5.75 Å². The van der Waals surface area contributed by atoms with Crippen LogP contribution >= 0.6 is 0 Å². The first-order chi connectivity index (χ1) is 11.1. The third kappa shape index (κ3) is 5.54. The second kappa shape index (κ2) is 8.92. The minimum Gasteiger partial charge on any atom is -0.493 e. The van der Waals surface area contributed by atoms with Crippen molar-refractivity contribution in [2.45, 2.75) is 52.5 Å².